The van der Waals surface area contributed by atoms with Gasteiger partial charge in [-0.25, -0.2) is 4.79 Å². The number of nitrogens with zero attached hydrogens (tertiary/aromatic N) is 1. The number of nitro benzene ring substituents is 1. The van der Waals surface area contributed by atoms with E-state index >= 15 is 0 Å². The molecule has 0 fully saturated rings. The number of hydrogen-bond donors (Lipinski definition) is 0. The van der Waals surface area contributed by atoms with Gasteiger partial charge in [-0.05, 0) is 24.3 Å². The van der Waals surface area contributed by atoms with Gasteiger partial charge in [-0.15, -0.1) is 11.8 Å². The molecule has 0 aliphatic rings. The minimum Gasteiger partial charge on any atom is -0.465 e. The highest BCUT2D eigenvalue weighted by molar-refractivity contribution is 7.99. The topological polar surface area (TPSA) is 69.4 Å². The van der Waals surface area contributed by atoms with Crippen molar-refractivity contribution in [2.24, 2.45) is 0 Å². The molecular formula is C11H13NO4S. The van der Waals surface area contributed by atoms with E-state index in [-0.39, 0.29) is 5.69 Å². The molecule has 0 saturated carbocycles. The molecule has 92 valence electrons. The number of nitro groups is 1. The van der Waals surface area contributed by atoms with Crippen LogP contribution in [0.15, 0.2) is 23.1 Å². The van der Waals surface area contributed by atoms with Crippen LogP contribution in [0.1, 0.15) is 23.7 Å². The third-order valence-corrected chi connectivity index (χ3v) is 3.29. The zero-order chi connectivity index (χ0) is 12.8. The van der Waals surface area contributed by atoms with Crippen molar-refractivity contribution in [2.75, 3.05) is 12.9 Å². The average molecular weight is 255 g/mol. The van der Waals surface area contributed by atoms with Gasteiger partial charge in [0.1, 0.15) is 0 Å². The Balaban J connectivity index is 3.09. The average Bonchev–Trinajstić information content (AvgIpc) is 2.34. The highest BCUT2D eigenvalue weighted by atomic mass is 32.2. The van der Waals surface area contributed by atoms with Crippen LogP contribution >= 0.6 is 11.8 Å². The van der Waals surface area contributed by atoms with Crippen LogP contribution in [0.2, 0.25) is 0 Å². The Bertz CT molecular complexity index is 433. The summed E-state index contributed by atoms with van der Waals surface area (Å²) in [7, 11) is 1.28. The summed E-state index contributed by atoms with van der Waals surface area (Å²) < 4.78 is 4.58. The van der Waals surface area contributed by atoms with Crippen LogP contribution in [0.5, 0.6) is 0 Å². The van der Waals surface area contributed by atoms with Crippen LogP contribution in [0, 0.1) is 10.1 Å². The quantitative estimate of drug-likeness (QED) is 0.350. The van der Waals surface area contributed by atoms with Gasteiger partial charge in [-0.2, -0.15) is 0 Å². The number of esters is 1. The molecule has 17 heavy (non-hydrogen) atoms. The molecule has 0 radical (unpaired) electrons. The molecular weight excluding hydrogens is 242 g/mol. The second-order valence-corrected chi connectivity index (χ2v) is 4.42. The lowest BCUT2D eigenvalue weighted by molar-refractivity contribution is -0.387. The first-order chi connectivity index (χ1) is 8.10. The lowest BCUT2D eigenvalue weighted by Crippen LogP contribution is -2.02. The molecule has 0 bridgehead atoms. The maximum Gasteiger partial charge on any atom is 0.337 e. The summed E-state index contributed by atoms with van der Waals surface area (Å²) in [5.74, 6) is 0.282. The predicted molar refractivity (Wildman–Crippen MR) is 65.5 cm³/mol. The van der Waals surface area contributed by atoms with E-state index in [0.29, 0.717) is 10.5 Å². The normalized spacial score (nSPS) is 10.0. The zero-order valence-electron chi connectivity index (χ0n) is 9.63. The molecule has 5 nitrogen and oxygen atoms in total. The number of rotatable bonds is 5. The Labute approximate surface area is 103 Å². The first-order valence-electron chi connectivity index (χ1n) is 5.09. The first kappa shape index (κ1) is 13.5. The van der Waals surface area contributed by atoms with Crippen molar-refractivity contribution in [3.8, 4) is 0 Å². The minimum absolute atomic E-state index is 0.0242. The van der Waals surface area contributed by atoms with E-state index in [1.54, 1.807) is 0 Å². The molecule has 0 N–H and O–H groups in total. The predicted octanol–water partition coefficient (Wildman–Crippen LogP) is 2.88. The van der Waals surface area contributed by atoms with Crippen molar-refractivity contribution in [1.82, 2.24) is 0 Å². The lowest BCUT2D eigenvalue weighted by atomic mass is 10.2. The molecule has 0 heterocycles. The third-order valence-electron chi connectivity index (χ3n) is 2.04. The van der Waals surface area contributed by atoms with Gasteiger partial charge in [0.2, 0.25) is 0 Å². The summed E-state index contributed by atoms with van der Waals surface area (Å²) in [6, 6.07) is 4.24. The molecule has 0 atom stereocenters. The van der Waals surface area contributed by atoms with E-state index in [1.165, 1.54) is 37.1 Å². The van der Waals surface area contributed by atoms with Crippen molar-refractivity contribution in [3.05, 3.63) is 33.9 Å². The van der Waals surface area contributed by atoms with E-state index in [4.69, 9.17) is 0 Å². The summed E-state index contributed by atoms with van der Waals surface area (Å²) in [5, 5.41) is 10.8. The number of ether oxygens (including phenoxy) is 1. The zero-order valence-corrected chi connectivity index (χ0v) is 10.5. The van der Waals surface area contributed by atoms with Gasteiger partial charge in [0, 0.05) is 6.07 Å². The molecule has 0 amide bonds. The van der Waals surface area contributed by atoms with Crippen molar-refractivity contribution in [3.63, 3.8) is 0 Å². The van der Waals surface area contributed by atoms with Gasteiger partial charge in [0.25, 0.3) is 5.69 Å². The second kappa shape index (κ2) is 6.24. The molecule has 6 heteroatoms. The van der Waals surface area contributed by atoms with E-state index in [0.717, 1.165) is 12.2 Å². The number of carbonyl (C=O) groups is 1. The monoisotopic (exact) mass is 255 g/mol. The first-order valence-corrected chi connectivity index (χ1v) is 6.08. The van der Waals surface area contributed by atoms with E-state index < -0.39 is 10.9 Å². The van der Waals surface area contributed by atoms with Gasteiger partial charge in [-0.1, -0.05) is 6.92 Å². The molecule has 0 aromatic heterocycles. The molecule has 0 unspecified atom stereocenters. The fourth-order valence-electron chi connectivity index (χ4n) is 1.24. The Morgan fingerprint density at radius 1 is 1.53 bits per heavy atom. The van der Waals surface area contributed by atoms with E-state index in [9.17, 15) is 14.9 Å². The molecule has 0 saturated heterocycles. The van der Waals surface area contributed by atoms with Crippen LogP contribution in [0.25, 0.3) is 0 Å². The van der Waals surface area contributed by atoms with Crippen molar-refractivity contribution in [1.29, 1.82) is 0 Å². The minimum atomic E-state index is -0.488. The molecule has 0 spiro atoms. The van der Waals surface area contributed by atoms with Crippen LogP contribution in [0.4, 0.5) is 5.69 Å². The third kappa shape index (κ3) is 3.45. The van der Waals surface area contributed by atoms with Crippen molar-refractivity contribution in [2.45, 2.75) is 18.2 Å². The van der Waals surface area contributed by atoms with Crippen LogP contribution in [-0.2, 0) is 4.74 Å². The fraction of sp³-hybridized carbons (Fsp3) is 0.364. The van der Waals surface area contributed by atoms with Gasteiger partial charge in [0.15, 0.2) is 0 Å². The standard InChI is InChI=1S/C11H13NO4S/c1-3-6-17-10-7-8(11(13)16-2)4-5-9(10)12(14)15/h4-5,7H,3,6H2,1-2H3. The summed E-state index contributed by atoms with van der Waals surface area (Å²) in [6.45, 7) is 1.99. The van der Waals surface area contributed by atoms with Gasteiger partial charge in [-0.3, -0.25) is 10.1 Å². The highest BCUT2D eigenvalue weighted by Gasteiger charge is 2.17. The molecule has 1 aromatic carbocycles. The number of methoxy groups -OCH3 is 1. The molecule has 1 rings (SSSR count). The maximum atomic E-state index is 11.3. The van der Waals surface area contributed by atoms with Crippen LogP contribution in [-0.4, -0.2) is 23.8 Å². The smallest absolute Gasteiger partial charge is 0.337 e. The largest absolute Gasteiger partial charge is 0.465 e. The summed E-state index contributed by atoms with van der Waals surface area (Å²) in [4.78, 5) is 22.2. The number of benzene rings is 1. The Hall–Kier alpha value is -1.56. The van der Waals surface area contributed by atoms with E-state index in [2.05, 4.69) is 4.74 Å². The molecule has 1 aromatic rings. The molecule has 0 aliphatic carbocycles. The fourth-order valence-corrected chi connectivity index (χ4v) is 2.16. The van der Waals surface area contributed by atoms with Crippen LogP contribution in [0.3, 0.4) is 0 Å². The van der Waals surface area contributed by atoms with Gasteiger partial charge in [0.05, 0.1) is 22.5 Å². The van der Waals surface area contributed by atoms with Crippen LogP contribution < -0.4 is 0 Å². The Morgan fingerprint density at radius 3 is 2.76 bits per heavy atom. The lowest BCUT2D eigenvalue weighted by Gasteiger charge is -2.04. The number of thioether (sulfide) groups is 1. The molecule has 0 aliphatic heterocycles. The maximum absolute atomic E-state index is 11.3. The van der Waals surface area contributed by atoms with E-state index in [1.807, 2.05) is 6.92 Å². The summed E-state index contributed by atoms with van der Waals surface area (Å²) >= 11 is 1.37. The van der Waals surface area contributed by atoms with Gasteiger partial charge >= 0.3 is 5.97 Å². The summed E-state index contributed by atoms with van der Waals surface area (Å²) in [5.41, 5.74) is 0.354. The Morgan fingerprint density at radius 2 is 2.24 bits per heavy atom. The van der Waals surface area contributed by atoms with Gasteiger partial charge < -0.3 is 4.74 Å². The van der Waals surface area contributed by atoms with Crippen molar-refractivity contribution >= 4 is 23.4 Å². The number of hydrogen-bond acceptors (Lipinski definition) is 5. The second-order valence-electron chi connectivity index (χ2n) is 3.28. The highest BCUT2D eigenvalue weighted by Crippen LogP contribution is 2.30. The summed E-state index contributed by atoms with van der Waals surface area (Å²) in [6.07, 6.45) is 0.907. The number of carbonyl (C=O) groups excluding carboxylic acids is 1. The Kier molecular flexibility index (Phi) is 4.96. The SMILES string of the molecule is CCCSc1cc(C(=O)OC)ccc1[N+](=O)[O-]. The van der Waals surface area contributed by atoms with Crippen molar-refractivity contribution < 1.29 is 14.5 Å².